The summed E-state index contributed by atoms with van der Waals surface area (Å²) in [5.41, 5.74) is 2.91. The molecule has 0 spiro atoms. The first-order valence-electron chi connectivity index (χ1n) is 7.01. The van der Waals surface area contributed by atoms with Crippen LogP contribution in [0.3, 0.4) is 0 Å². The third-order valence-electron chi connectivity index (χ3n) is 3.44. The normalized spacial score (nSPS) is 11.4. The molecule has 114 valence electrons. The van der Waals surface area contributed by atoms with Crippen molar-refractivity contribution in [1.29, 1.82) is 0 Å². The number of hydrogen-bond acceptors (Lipinski definition) is 4. The average Bonchev–Trinajstić information content (AvgIpc) is 3.01. The minimum absolute atomic E-state index is 0.128. The van der Waals surface area contributed by atoms with Crippen LogP contribution in [0.25, 0.3) is 11.3 Å². The summed E-state index contributed by atoms with van der Waals surface area (Å²) in [7, 11) is 1.35. The van der Waals surface area contributed by atoms with Gasteiger partial charge in [-0.05, 0) is 31.4 Å². The predicted octanol–water partition coefficient (Wildman–Crippen LogP) is 2.56. The Morgan fingerprint density at radius 1 is 1.33 bits per heavy atom. The van der Waals surface area contributed by atoms with Crippen molar-refractivity contribution in [2.75, 3.05) is 13.0 Å². The van der Waals surface area contributed by atoms with Crippen LogP contribution in [0.2, 0.25) is 0 Å². The lowest BCUT2D eigenvalue weighted by Gasteiger charge is -2.09. The highest BCUT2D eigenvalue weighted by Gasteiger charge is 2.25. The monoisotopic (exact) mass is 290 g/mol. The van der Waals surface area contributed by atoms with Gasteiger partial charge in [0.2, 0.25) is 0 Å². The van der Waals surface area contributed by atoms with Gasteiger partial charge in [-0.3, -0.25) is 9.36 Å². The third-order valence-corrected chi connectivity index (χ3v) is 3.44. The van der Waals surface area contributed by atoms with Crippen molar-refractivity contribution >= 4 is 5.97 Å². The molecule has 2 aromatic heterocycles. The number of methoxy groups -OCH3 is 1. The van der Waals surface area contributed by atoms with Crippen molar-refractivity contribution in [2.24, 2.45) is 0 Å². The molecule has 0 aliphatic rings. The summed E-state index contributed by atoms with van der Waals surface area (Å²) in [6.07, 6.45) is 3.66. The van der Waals surface area contributed by atoms with E-state index in [9.17, 15) is 4.79 Å². The lowest BCUT2D eigenvalue weighted by molar-refractivity contribution is 0.0589. The Balaban J connectivity index is 2.60. The van der Waals surface area contributed by atoms with E-state index in [4.69, 9.17) is 10.6 Å². The van der Waals surface area contributed by atoms with Crippen LogP contribution < -0.4 is 5.84 Å². The molecular formula is C15H22N4O2. The van der Waals surface area contributed by atoms with E-state index >= 15 is 0 Å². The highest BCUT2D eigenvalue weighted by Crippen LogP contribution is 2.32. The number of nitrogen functional groups attached to an aromatic ring is 1. The standard InChI is InChI=1S/C15H22N4O2/c1-9(2)13-11(8-18(16)14(13)15(20)21-5)12-6-7-19(17-12)10(3)4/h6-10H,16H2,1-5H3. The molecule has 0 aliphatic heterocycles. The molecule has 0 fully saturated rings. The van der Waals surface area contributed by atoms with E-state index in [0.29, 0.717) is 5.69 Å². The molecule has 0 bridgehead atoms. The zero-order valence-corrected chi connectivity index (χ0v) is 13.1. The van der Waals surface area contributed by atoms with Crippen LogP contribution in [0.15, 0.2) is 18.5 Å². The maximum Gasteiger partial charge on any atom is 0.356 e. The number of hydrogen-bond donors (Lipinski definition) is 1. The Morgan fingerprint density at radius 2 is 2.00 bits per heavy atom. The first-order chi connectivity index (χ1) is 9.86. The van der Waals surface area contributed by atoms with E-state index in [-0.39, 0.29) is 12.0 Å². The first-order valence-corrected chi connectivity index (χ1v) is 7.01. The highest BCUT2D eigenvalue weighted by molar-refractivity contribution is 5.92. The molecule has 0 saturated carbocycles. The second-order valence-electron chi connectivity index (χ2n) is 5.63. The molecule has 0 amide bonds. The number of ether oxygens (including phenoxy) is 1. The summed E-state index contributed by atoms with van der Waals surface area (Å²) in [5, 5.41) is 4.56. The van der Waals surface area contributed by atoms with Crippen molar-refractivity contribution in [3.8, 4) is 11.3 Å². The number of nitrogens with zero attached hydrogens (tertiary/aromatic N) is 3. The Morgan fingerprint density at radius 3 is 2.48 bits per heavy atom. The highest BCUT2D eigenvalue weighted by atomic mass is 16.5. The fourth-order valence-electron chi connectivity index (χ4n) is 2.41. The Labute approximate surface area is 124 Å². The molecule has 2 aromatic rings. The summed E-state index contributed by atoms with van der Waals surface area (Å²) in [6, 6.07) is 2.21. The Hall–Kier alpha value is -2.24. The molecule has 6 heteroatoms. The minimum atomic E-state index is -0.434. The van der Waals surface area contributed by atoms with Crippen molar-refractivity contribution < 1.29 is 9.53 Å². The zero-order valence-electron chi connectivity index (χ0n) is 13.1. The van der Waals surface area contributed by atoms with Crippen molar-refractivity contribution in [2.45, 2.75) is 39.7 Å². The molecule has 2 N–H and O–H groups in total. The van der Waals surface area contributed by atoms with Gasteiger partial charge in [-0.2, -0.15) is 5.10 Å². The number of carbonyl (C=O) groups is 1. The van der Waals surface area contributed by atoms with Crippen LogP contribution in [0.1, 0.15) is 55.7 Å². The molecule has 6 nitrogen and oxygen atoms in total. The van der Waals surface area contributed by atoms with Crippen LogP contribution in [0.5, 0.6) is 0 Å². The lowest BCUT2D eigenvalue weighted by atomic mass is 9.97. The van der Waals surface area contributed by atoms with Gasteiger partial charge in [-0.25, -0.2) is 4.79 Å². The molecule has 21 heavy (non-hydrogen) atoms. The molecule has 0 atom stereocenters. The van der Waals surface area contributed by atoms with Crippen LogP contribution in [-0.4, -0.2) is 27.5 Å². The van der Waals surface area contributed by atoms with E-state index in [1.165, 1.54) is 11.8 Å². The first kappa shape index (κ1) is 15.2. The quantitative estimate of drug-likeness (QED) is 0.693. The fraction of sp³-hybridized carbons (Fsp3) is 0.467. The number of esters is 1. The smallest absolute Gasteiger partial charge is 0.356 e. The van der Waals surface area contributed by atoms with E-state index < -0.39 is 5.97 Å². The largest absolute Gasteiger partial charge is 0.464 e. The van der Waals surface area contributed by atoms with Crippen LogP contribution in [0, 0.1) is 0 Å². The summed E-state index contributed by atoms with van der Waals surface area (Å²) >= 11 is 0. The molecule has 0 saturated heterocycles. The number of nitrogens with two attached hydrogens (primary N) is 1. The molecule has 0 aromatic carbocycles. The summed E-state index contributed by atoms with van der Waals surface area (Å²) in [6.45, 7) is 8.16. The fourth-order valence-corrected chi connectivity index (χ4v) is 2.41. The zero-order chi connectivity index (χ0) is 15.7. The predicted molar refractivity (Wildman–Crippen MR) is 81.6 cm³/mol. The number of aromatic nitrogens is 3. The Kier molecular flexibility index (Phi) is 4.06. The lowest BCUT2D eigenvalue weighted by Crippen LogP contribution is -2.18. The van der Waals surface area contributed by atoms with Gasteiger partial charge in [0.1, 0.15) is 0 Å². The minimum Gasteiger partial charge on any atom is -0.464 e. The van der Waals surface area contributed by atoms with Crippen molar-refractivity contribution in [3.05, 3.63) is 29.7 Å². The maximum absolute atomic E-state index is 12.0. The SMILES string of the molecule is COC(=O)c1c(C(C)C)c(-c2ccn(C(C)C)n2)cn1N. The summed E-state index contributed by atoms with van der Waals surface area (Å²) in [4.78, 5) is 12.0. The van der Waals surface area contributed by atoms with Gasteiger partial charge in [0, 0.05) is 24.0 Å². The molecule has 2 rings (SSSR count). The van der Waals surface area contributed by atoms with Gasteiger partial charge in [0.15, 0.2) is 5.69 Å². The van der Waals surface area contributed by atoms with E-state index in [2.05, 4.69) is 18.9 Å². The maximum atomic E-state index is 12.0. The second kappa shape index (κ2) is 5.63. The summed E-state index contributed by atoms with van der Waals surface area (Å²) in [5.74, 6) is 5.64. The number of carbonyl (C=O) groups excluding carboxylic acids is 1. The average molecular weight is 290 g/mol. The van der Waals surface area contributed by atoms with Gasteiger partial charge >= 0.3 is 5.97 Å². The van der Waals surface area contributed by atoms with E-state index in [0.717, 1.165) is 16.8 Å². The molecule has 0 unspecified atom stereocenters. The van der Waals surface area contributed by atoms with Crippen LogP contribution >= 0.6 is 0 Å². The Bertz CT molecular complexity index is 653. The van der Waals surface area contributed by atoms with E-state index in [1.807, 2.05) is 30.8 Å². The summed E-state index contributed by atoms with van der Waals surface area (Å²) < 4.78 is 8.04. The molecule has 0 aliphatic carbocycles. The van der Waals surface area contributed by atoms with E-state index in [1.54, 1.807) is 6.20 Å². The van der Waals surface area contributed by atoms with Gasteiger partial charge in [0.05, 0.1) is 12.8 Å². The third kappa shape index (κ3) is 2.66. The van der Waals surface area contributed by atoms with Gasteiger partial charge < -0.3 is 10.6 Å². The van der Waals surface area contributed by atoms with Gasteiger partial charge in [-0.1, -0.05) is 13.8 Å². The van der Waals surface area contributed by atoms with Crippen molar-refractivity contribution in [1.82, 2.24) is 14.5 Å². The topological polar surface area (TPSA) is 75.1 Å². The van der Waals surface area contributed by atoms with Gasteiger partial charge in [-0.15, -0.1) is 0 Å². The molecule has 2 heterocycles. The molecular weight excluding hydrogens is 268 g/mol. The van der Waals surface area contributed by atoms with Crippen LogP contribution in [0.4, 0.5) is 0 Å². The second-order valence-corrected chi connectivity index (χ2v) is 5.63. The van der Waals surface area contributed by atoms with Crippen molar-refractivity contribution in [3.63, 3.8) is 0 Å². The van der Waals surface area contributed by atoms with Gasteiger partial charge in [0.25, 0.3) is 0 Å². The molecule has 0 radical (unpaired) electrons. The number of rotatable bonds is 4. The van der Waals surface area contributed by atoms with Crippen LogP contribution in [-0.2, 0) is 4.74 Å².